The molecule has 0 amide bonds. The molecule has 0 aliphatic heterocycles. The number of hydrogen-bond acceptors (Lipinski definition) is 6. The lowest BCUT2D eigenvalue weighted by Crippen LogP contribution is -2.13. The Balaban J connectivity index is 3.11. The number of aromatic nitrogens is 1. The molecule has 1 aromatic heterocycles. The Morgan fingerprint density at radius 3 is 2.41 bits per heavy atom. The fourth-order valence-corrected chi connectivity index (χ4v) is 1.23. The predicted molar refractivity (Wildman–Crippen MR) is 57.8 cm³/mol. The van der Waals surface area contributed by atoms with Crippen LogP contribution in [0.25, 0.3) is 0 Å². The van der Waals surface area contributed by atoms with Crippen molar-refractivity contribution in [3.8, 4) is 5.88 Å². The Labute approximate surface area is 98.5 Å². The van der Waals surface area contributed by atoms with Crippen LogP contribution < -0.4 is 4.74 Å². The number of esters is 2. The molecule has 0 fully saturated rings. The van der Waals surface area contributed by atoms with E-state index in [4.69, 9.17) is 4.74 Å². The van der Waals surface area contributed by atoms with Gasteiger partial charge in [0.05, 0.1) is 39.0 Å². The van der Waals surface area contributed by atoms with Crippen LogP contribution in [0.5, 0.6) is 5.88 Å². The zero-order chi connectivity index (χ0) is 12.8. The third kappa shape index (κ3) is 3.17. The molecule has 1 aromatic rings. The van der Waals surface area contributed by atoms with Crippen molar-refractivity contribution < 1.29 is 23.8 Å². The topological polar surface area (TPSA) is 74.7 Å². The van der Waals surface area contributed by atoms with Crippen LogP contribution in [0.2, 0.25) is 0 Å². The predicted octanol–water partition coefficient (Wildman–Crippen LogP) is 0.592. The van der Waals surface area contributed by atoms with Gasteiger partial charge in [-0.05, 0) is 6.07 Å². The van der Waals surface area contributed by atoms with Crippen molar-refractivity contribution in [1.82, 2.24) is 4.98 Å². The summed E-state index contributed by atoms with van der Waals surface area (Å²) in [5.74, 6) is -0.730. The molecular formula is C11H13NO5. The number of carbonyl (C=O) groups excluding carboxylic acids is 2. The number of ether oxygens (including phenoxy) is 3. The monoisotopic (exact) mass is 239 g/mol. The van der Waals surface area contributed by atoms with Crippen molar-refractivity contribution in [2.24, 2.45) is 0 Å². The Morgan fingerprint density at radius 1 is 1.18 bits per heavy atom. The highest BCUT2D eigenvalue weighted by molar-refractivity contribution is 5.91. The summed E-state index contributed by atoms with van der Waals surface area (Å²) >= 11 is 0. The first-order valence-electron chi connectivity index (χ1n) is 4.81. The van der Waals surface area contributed by atoms with E-state index in [0.717, 1.165) is 0 Å². The molecule has 0 radical (unpaired) electrons. The van der Waals surface area contributed by atoms with E-state index in [1.807, 2.05) is 0 Å². The third-order valence-electron chi connectivity index (χ3n) is 2.10. The van der Waals surface area contributed by atoms with Crippen LogP contribution in [0.4, 0.5) is 0 Å². The molecule has 0 aromatic carbocycles. The van der Waals surface area contributed by atoms with Crippen molar-refractivity contribution in [2.45, 2.75) is 6.42 Å². The minimum absolute atomic E-state index is 0.113. The lowest BCUT2D eigenvalue weighted by atomic mass is 10.1. The standard InChI is InChI=1S/C11H13NO5/c1-15-9-5-4-7(11(14)17-3)8(12-9)6-10(13)16-2/h4-5H,6H2,1-3H3. The number of nitrogens with zero attached hydrogens (tertiary/aromatic N) is 1. The van der Waals surface area contributed by atoms with Crippen LogP contribution in [-0.4, -0.2) is 38.3 Å². The third-order valence-corrected chi connectivity index (χ3v) is 2.10. The summed E-state index contributed by atoms with van der Waals surface area (Å²) in [7, 11) is 3.97. The molecule has 0 aliphatic carbocycles. The first kappa shape index (κ1) is 13.0. The quantitative estimate of drug-likeness (QED) is 0.716. The highest BCUT2D eigenvalue weighted by Gasteiger charge is 2.17. The molecule has 92 valence electrons. The molecule has 0 aliphatic rings. The van der Waals surface area contributed by atoms with Crippen LogP contribution in [0.3, 0.4) is 0 Å². The van der Waals surface area contributed by atoms with Crippen LogP contribution in [0.15, 0.2) is 12.1 Å². The molecule has 6 nitrogen and oxygen atoms in total. The number of rotatable bonds is 4. The molecule has 0 spiro atoms. The van der Waals surface area contributed by atoms with Gasteiger partial charge in [-0.15, -0.1) is 0 Å². The average Bonchev–Trinajstić information content (AvgIpc) is 2.37. The van der Waals surface area contributed by atoms with Gasteiger partial charge < -0.3 is 14.2 Å². The van der Waals surface area contributed by atoms with Crippen molar-refractivity contribution in [3.63, 3.8) is 0 Å². The summed E-state index contributed by atoms with van der Waals surface area (Å²) in [5, 5.41) is 0. The van der Waals surface area contributed by atoms with E-state index in [2.05, 4.69) is 14.5 Å². The minimum Gasteiger partial charge on any atom is -0.481 e. The second-order valence-corrected chi connectivity index (χ2v) is 3.09. The number of carbonyl (C=O) groups is 2. The molecule has 0 unspecified atom stereocenters. The van der Waals surface area contributed by atoms with Crippen LogP contribution in [0, 0.1) is 0 Å². The lowest BCUT2D eigenvalue weighted by Gasteiger charge is -2.07. The second-order valence-electron chi connectivity index (χ2n) is 3.09. The summed E-state index contributed by atoms with van der Waals surface area (Å²) in [6, 6.07) is 3.02. The largest absolute Gasteiger partial charge is 0.481 e. The zero-order valence-electron chi connectivity index (χ0n) is 9.85. The van der Waals surface area contributed by atoms with Crippen molar-refractivity contribution in [1.29, 1.82) is 0 Å². The molecule has 0 N–H and O–H groups in total. The van der Waals surface area contributed by atoms with Crippen molar-refractivity contribution in [3.05, 3.63) is 23.4 Å². The van der Waals surface area contributed by atoms with E-state index < -0.39 is 11.9 Å². The average molecular weight is 239 g/mol. The smallest absolute Gasteiger partial charge is 0.339 e. The fraction of sp³-hybridized carbons (Fsp3) is 0.364. The van der Waals surface area contributed by atoms with Gasteiger partial charge in [0.15, 0.2) is 0 Å². The highest BCUT2D eigenvalue weighted by Crippen LogP contribution is 2.15. The SMILES string of the molecule is COC(=O)Cc1nc(OC)ccc1C(=O)OC. The molecule has 0 atom stereocenters. The summed E-state index contributed by atoms with van der Waals surface area (Å²) in [5.41, 5.74) is 0.488. The van der Waals surface area contributed by atoms with Gasteiger partial charge in [0.2, 0.25) is 5.88 Å². The maximum absolute atomic E-state index is 11.4. The van der Waals surface area contributed by atoms with Gasteiger partial charge in [0.25, 0.3) is 0 Å². The summed E-state index contributed by atoms with van der Waals surface area (Å²) < 4.78 is 14.0. The van der Waals surface area contributed by atoms with Gasteiger partial charge in [-0.2, -0.15) is 0 Å². The van der Waals surface area contributed by atoms with E-state index in [1.165, 1.54) is 33.5 Å². The minimum atomic E-state index is -0.556. The van der Waals surface area contributed by atoms with Gasteiger partial charge in [0.1, 0.15) is 0 Å². The maximum atomic E-state index is 11.4. The first-order chi connectivity index (χ1) is 8.12. The molecule has 1 rings (SSSR count). The molecule has 17 heavy (non-hydrogen) atoms. The number of pyridine rings is 1. The second kappa shape index (κ2) is 5.83. The van der Waals surface area contributed by atoms with Gasteiger partial charge in [-0.3, -0.25) is 4.79 Å². The molecule has 0 saturated heterocycles. The summed E-state index contributed by atoms with van der Waals surface area (Å²) in [4.78, 5) is 26.7. The number of hydrogen-bond donors (Lipinski definition) is 0. The van der Waals surface area contributed by atoms with E-state index in [-0.39, 0.29) is 17.7 Å². The normalized spacial score (nSPS) is 9.59. The molecule has 1 heterocycles. The van der Waals surface area contributed by atoms with Crippen LogP contribution >= 0.6 is 0 Å². The molecule has 0 bridgehead atoms. The summed E-state index contributed by atoms with van der Waals surface area (Å²) in [6.45, 7) is 0. The maximum Gasteiger partial charge on any atom is 0.339 e. The zero-order valence-corrected chi connectivity index (χ0v) is 9.85. The van der Waals surface area contributed by atoms with Crippen LogP contribution in [-0.2, 0) is 20.7 Å². The van der Waals surface area contributed by atoms with Crippen LogP contribution in [0.1, 0.15) is 16.1 Å². The lowest BCUT2D eigenvalue weighted by molar-refractivity contribution is -0.139. The Bertz CT molecular complexity index is 430. The van der Waals surface area contributed by atoms with Crippen molar-refractivity contribution in [2.75, 3.05) is 21.3 Å². The van der Waals surface area contributed by atoms with E-state index >= 15 is 0 Å². The molecule has 6 heteroatoms. The van der Waals surface area contributed by atoms with Gasteiger partial charge in [0, 0.05) is 6.07 Å². The highest BCUT2D eigenvalue weighted by atomic mass is 16.5. The fourth-order valence-electron chi connectivity index (χ4n) is 1.23. The summed E-state index contributed by atoms with van der Waals surface area (Å²) in [6.07, 6.45) is -0.113. The van der Waals surface area contributed by atoms with E-state index in [1.54, 1.807) is 0 Å². The Kier molecular flexibility index (Phi) is 4.45. The van der Waals surface area contributed by atoms with E-state index in [9.17, 15) is 9.59 Å². The van der Waals surface area contributed by atoms with E-state index in [0.29, 0.717) is 5.88 Å². The van der Waals surface area contributed by atoms with Crippen molar-refractivity contribution >= 4 is 11.9 Å². The van der Waals surface area contributed by atoms with Gasteiger partial charge in [-0.25, -0.2) is 9.78 Å². The van der Waals surface area contributed by atoms with Gasteiger partial charge in [-0.1, -0.05) is 0 Å². The van der Waals surface area contributed by atoms with Gasteiger partial charge >= 0.3 is 11.9 Å². The Morgan fingerprint density at radius 2 is 1.88 bits per heavy atom. The first-order valence-corrected chi connectivity index (χ1v) is 4.81. The number of methoxy groups -OCH3 is 3. The molecule has 0 saturated carbocycles. The molecular weight excluding hydrogens is 226 g/mol. The Hall–Kier alpha value is -2.11.